The third-order valence-electron chi connectivity index (χ3n) is 3.61. The Balaban J connectivity index is 2.14. The van der Waals surface area contributed by atoms with Crippen molar-refractivity contribution >= 4 is 5.82 Å². The summed E-state index contributed by atoms with van der Waals surface area (Å²) in [6.07, 6.45) is 2.80. The highest BCUT2D eigenvalue weighted by atomic mass is 15.2. The molecule has 0 saturated carbocycles. The average molecular weight is 234 g/mol. The maximum atomic E-state index is 6.12. The van der Waals surface area contributed by atoms with E-state index in [2.05, 4.69) is 41.7 Å². The van der Waals surface area contributed by atoms with Gasteiger partial charge in [0.15, 0.2) is 0 Å². The van der Waals surface area contributed by atoms with Crippen LogP contribution in [0.5, 0.6) is 0 Å². The highest BCUT2D eigenvalue weighted by molar-refractivity contribution is 5.40. The van der Waals surface area contributed by atoms with Crippen molar-refractivity contribution in [1.29, 1.82) is 0 Å². The van der Waals surface area contributed by atoms with Crippen molar-refractivity contribution < 1.29 is 0 Å². The van der Waals surface area contributed by atoms with E-state index in [9.17, 15) is 0 Å². The molecule has 2 heterocycles. The molecule has 17 heavy (non-hydrogen) atoms. The van der Waals surface area contributed by atoms with Crippen LogP contribution in [0.15, 0.2) is 12.4 Å². The van der Waals surface area contributed by atoms with Crippen molar-refractivity contribution in [2.45, 2.75) is 39.2 Å². The van der Waals surface area contributed by atoms with Gasteiger partial charge in [-0.2, -0.15) is 0 Å². The van der Waals surface area contributed by atoms with Crippen molar-refractivity contribution in [3.8, 4) is 0 Å². The van der Waals surface area contributed by atoms with E-state index >= 15 is 0 Å². The minimum Gasteiger partial charge on any atom is -0.355 e. The Morgan fingerprint density at radius 3 is 2.82 bits per heavy atom. The maximum absolute atomic E-state index is 6.12. The van der Waals surface area contributed by atoms with E-state index in [1.807, 2.05) is 0 Å². The lowest BCUT2D eigenvalue weighted by Crippen LogP contribution is -2.47. The molecule has 1 aromatic rings. The molecular formula is C13H22N4. The van der Waals surface area contributed by atoms with Crippen LogP contribution in [0, 0.1) is 5.92 Å². The number of rotatable bonds is 2. The number of nitrogens with zero attached hydrogens (tertiary/aromatic N) is 3. The van der Waals surface area contributed by atoms with Crippen LogP contribution < -0.4 is 10.6 Å². The minimum atomic E-state index is 0.251. The first-order chi connectivity index (χ1) is 8.08. The van der Waals surface area contributed by atoms with E-state index in [4.69, 9.17) is 5.73 Å². The molecule has 0 bridgehead atoms. The van der Waals surface area contributed by atoms with Crippen LogP contribution in [0.3, 0.4) is 0 Å². The van der Waals surface area contributed by atoms with Gasteiger partial charge in [0.2, 0.25) is 0 Å². The van der Waals surface area contributed by atoms with Crippen LogP contribution in [0.4, 0.5) is 5.82 Å². The van der Waals surface area contributed by atoms with Crippen LogP contribution in [0.1, 0.15) is 38.8 Å². The molecule has 0 radical (unpaired) electrons. The van der Waals surface area contributed by atoms with Crippen LogP contribution in [0.25, 0.3) is 0 Å². The van der Waals surface area contributed by atoms with Crippen molar-refractivity contribution in [2.75, 3.05) is 18.0 Å². The lowest BCUT2D eigenvalue weighted by atomic mass is 9.94. The molecule has 2 rings (SSSR count). The van der Waals surface area contributed by atoms with Gasteiger partial charge in [-0.1, -0.05) is 20.8 Å². The van der Waals surface area contributed by atoms with Gasteiger partial charge in [0.1, 0.15) is 12.1 Å². The maximum Gasteiger partial charge on any atom is 0.132 e. The minimum absolute atomic E-state index is 0.251. The van der Waals surface area contributed by atoms with E-state index in [0.29, 0.717) is 11.8 Å². The molecule has 1 aromatic heterocycles. The fourth-order valence-corrected chi connectivity index (χ4v) is 2.16. The van der Waals surface area contributed by atoms with Crippen molar-refractivity contribution in [3.63, 3.8) is 0 Å². The van der Waals surface area contributed by atoms with Crippen LogP contribution in [0.2, 0.25) is 0 Å². The first-order valence-corrected chi connectivity index (χ1v) is 6.40. The standard InChI is InChI=1S/C13H22N4/c1-9(2)12-6-13(16-8-15-12)17-5-4-10(3)11(14)7-17/h6,8-11H,4-5,7,14H2,1-3H3. The van der Waals surface area contributed by atoms with Gasteiger partial charge in [0.05, 0.1) is 0 Å². The smallest absolute Gasteiger partial charge is 0.132 e. The molecule has 1 aliphatic heterocycles. The first-order valence-electron chi connectivity index (χ1n) is 6.40. The summed E-state index contributed by atoms with van der Waals surface area (Å²) in [6.45, 7) is 8.47. The summed E-state index contributed by atoms with van der Waals surface area (Å²) in [7, 11) is 0. The number of nitrogens with two attached hydrogens (primary N) is 1. The molecule has 1 saturated heterocycles. The van der Waals surface area contributed by atoms with Gasteiger partial charge >= 0.3 is 0 Å². The summed E-state index contributed by atoms with van der Waals surface area (Å²) in [6, 6.07) is 2.34. The number of hydrogen-bond donors (Lipinski definition) is 1. The SMILES string of the molecule is CC(C)c1cc(N2CCC(C)C(N)C2)ncn1. The van der Waals surface area contributed by atoms with Gasteiger partial charge in [0.25, 0.3) is 0 Å². The van der Waals surface area contributed by atoms with Gasteiger partial charge in [-0.25, -0.2) is 9.97 Å². The fourth-order valence-electron chi connectivity index (χ4n) is 2.16. The Labute approximate surface area is 103 Å². The topological polar surface area (TPSA) is 55.0 Å². The zero-order valence-corrected chi connectivity index (χ0v) is 10.9. The second-order valence-corrected chi connectivity index (χ2v) is 5.33. The predicted molar refractivity (Wildman–Crippen MR) is 70.1 cm³/mol. The van der Waals surface area contributed by atoms with Gasteiger partial charge < -0.3 is 10.6 Å². The third kappa shape index (κ3) is 2.75. The van der Waals surface area contributed by atoms with E-state index in [-0.39, 0.29) is 6.04 Å². The van der Waals surface area contributed by atoms with Crippen LogP contribution in [-0.4, -0.2) is 29.1 Å². The van der Waals surface area contributed by atoms with Gasteiger partial charge in [-0.3, -0.25) is 0 Å². The lowest BCUT2D eigenvalue weighted by molar-refractivity contribution is 0.378. The molecule has 94 valence electrons. The summed E-state index contributed by atoms with van der Waals surface area (Å²) in [5.41, 5.74) is 7.22. The van der Waals surface area contributed by atoms with Gasteiger partial charge in [0, 0.05) is 30.9 Å². The predicted octanol–water partition coefficient (Wildman–Crippen LogP) is 1.77. The van der Waals surface area contributed by atoms with Crippen molar-refractivity contribution in [2.24, 2.45) is 11.7 Å². The number of hydrogen-bond acceptors (Lipinski definition) is 4. The molecule has 1 fully saturated rings. The largest absolute Gasteiger partial charge is 0.355 e. The number of aromatic nitrogens is 2. The monoisotopic (exact) mass is 234 g/mol. The Bertz CT molecular complexity index is 377. The summed E-state index contributed by atoms with van der Waals surface area (Å²) in [5.74, 6) is 2.07. The lowest BCUT2D eigenvalue weighted by Gasteiger charge is -2.35. The summed E-state index contributed by atoms with van der Waals surface area (Å²) in [5, 5.41) is 0. The molecule has 0 spiro atoms. The molecule has 4 heteroatoms. The first kappa shape index (κ1) is 12.3. The highest BCUT2D eigenvalue weighted by Crippen LogP contribution is 2.22. The Morgan fingerprint density at radius 1 is 1.41 bits per heavy atom. The second-order valence-electron chi connectivity index (χ2n) is 5.33. The van der Waals surface area contributed by atoms with Gasteiger partial charge in [-0.05, 0) is 18.3 Å². The molecule has 2 unspecified atom stereocenters. The van der Waals surface area contributed by atoms with Crippen molar-refractivity contribution in [3.05, 3.63) is 18.1 Å². The van der Waals surface area contributed by atoms with Crippen molar-refractivity contribution in [1.82, 2.24) is 9.97 Å². The van der Waals surface area contributed by atoms with E-state index in [0.717, 1.165) is 31.0 Å². The highest BCUT2D eigenvalue weighted by Gasteiger charge is 2.24. The molecule has 4 nitrogen and oxygen atoms in total. The Kier molecular flexibility index (Phi) is 3.62. The molecule has 2 atom stereocenters. The molecule has 1 aliphatic rings. The summed E-state index contributed by atoms with van der Waals surface area (Å²) < 4.78 is 0. The summed E-state index contributed by atoms with van der Waals surface area (Å²) in [4.78, 5) is 10.9. The number of piperidine rings is 1. The molecule has 0 aliphatic carbocycles. The zero-order chi connectivity index (χ0) is 12.4. The molecular weight excluding hydrogens is 212 g/mol. The average Bonchev–Trinajstić information content (AvgIpc) is 2.33. The van der Waals surface area contributed by atoms with Gasteiger partial charge in [-0.15, -0.1) is 0 Å². The van der Waals surface area contributed by atoms with E-state index in [1.54, 1.807) is 6.33 Å². The summed E-state index contributed by atoms with van der Waals surface area (Å²) >= 11 is 0. The molecule has 0 aromatic carbocycles. The Morgan fingerprint density at radius 2 is 2.18 bits per heavy atom. The van der Waals surface area contributed by atoms with E-state index in [1.165, 1.54) is 0 Å². The van der Waals surface area contributed by atoms with Crippen LogP contribution >= 0.6 is 0 Å². The van der Waals surface area contributed by atoms with Crippen LogP contribution in [-0.2, 0) is 0 Å². The second kappa shape index (κ2) is 5.00. The molecule has 0 amide bonds. The zero-order valence-electron chi connectivity index (χ0n) is 10.9. The third-order valence-corrected chi connectivity index (χ3v) is 3.61. The Hall–Kier alpha value is -1.16. The fraction of sp³-hybridized carbons (Fsp3) is 0.692. The van der Waals surface area contributed by atoms with E-state index < -0.39 is 0 Å². The number of anilines is 1. The normalized spacial score (nSPS) is 25.4. The molecule has 2 N–H and O–H groups in total. The quantitative estimate of drug-likeness (QED) is 0.847.